The van der Waals surface area contributed by atoms with Gasteiger partial charge in [-0.05, 0) is 118 Å². The van der Waals surface area contributed by atoms with E-state index in [1.54, 1.807) is 5.56 Å². The van der Waals surface area contributed by atoms with Gasteiger partial charge in [-0.15, -0.1) is 0 Å². The molecule has 0 aromatic heterocycles. The first-order valence-electron chi connectivity index (χ1n) is 14.3. The van der Waals surface area contributed by atoms with Crippen LogP contribution in [0.1, 0.15) is 99.2 Å². The minimum atomic E-state index is -0.0723. The molecular weight excluding hydrogens is 460 g/mol. The number of rotatable bonds is 9. The van der Waals surface area contributed by atoms with Crippen molar-refractivity contribution in [1.29, 1.82) is 0 Å². The maximum atomic E-state index is 10.9. The second-order valence-electron chi connectivity index (χ2n) is 12.7. The van der Waals surface area contributed by atoms with Gasteiger partial charge in [-0.25, -0.2) is 0 Å². The van der Waals surface area contributed by atoms with Crippen molar-refractivity contribution in [2.24, 2.45) is 17.3 Å². The van der Waals surface area contributed by atoms with Crippen molar-refractivity contribution in [1.82, 2.24) is 0 Å². The standard InChI is InChI=1S/C33H44O4/c1-32(2,3)37-19-5-18-35-31-15-14-30-29-12-10-25-20-26(36-22-24-8-6-23(21-34)7-9-24)11-13-27(25)28(29)16-17-33(30,31)4/h6-9,11,13,20-21,28-31H,5,10,12,14-19,22H2,1-4H3. The SMILES string of the molecule is CC(C)(C)OCCCOC1CCC2C3CCc4cc(OCc5ccc(C=O)cc5)ccc4C3CCC12C. The summed E-state index contributed by atoms with van der Waals surface area (Å²) in [5.41, 5.74) is 5.05. The summed E-state index contributed by atoms with van der Waals surface area (Å²) in [6, 6.07) is 14.4. The zero-order valence-corrected chi connectivity index (χ0v) is 23.1. The third kappa shape index (κ3) is 5.81. The van der Waals surface area contributed by atoms with E-state index in [0.717, 1.165) is 55.5 Å². The quantitative estimate of drug-likeness (QED) is 0.262. The fourth-order valence-electron chi connectivity index (χ4n) is 7.40. The molecule has 4 nitrogen and oxygen atoms in total. The lowest BCUT2D eigenvalue weighted by molar-refractivity contribution is -0.0737. The molecule has 0 spiro atoms. The van der Waals surface area contributed by atoms with Crippen molar-refractivity contribution in [3.8, 4) is 5.75 Å². The summed E-state index contributed by atoms with van der Waals surface area (Å²) in [4.78, 5) is 10.9. The van der Waals surface area contributed by atoms with Crippen LogP contribution in [-0.4, -0.2) is 31.2 Å². The predicted octanol–water partition coefficient (Wildman–Crippen LogP) is 7.52. The van der Waals surface area contributed by atoms with Crippen LogP contribution in [0.4, 0.5) is 0 Å². The van der Waals surface area contributed by atoms with E-state index in [1.165, 1.54) is 37.7 Å². The van der Waals surface area contributed by atoms with E-state index in [0.29, 0.717) is 29.6 Å². The van der Waals surface area contributed by atoms with Gasteiger partial charge in [-0.1, -0.05) is 37.3 Å². The second-order valence-corrected chi connectivity index (χ2v) is 12.7. The van der Waals surface area contributed by atoms with Gasteiger partial charge < -0.3 is 14.2 Å². The van der Waals surface area contributed by atoms with E-state index < -0.39 is 0 Å². The van der Waals surface area contributed by atoms with E-state index >= 15 is 0 Å². The zero-order chi connectivity index (χ0) is 26.0. The number of benzene rings is 2. The summed E-state index contributed by atoms with van der Waals surface area (Å²) >= 11 is 0. The Labute approximate surface area is 223 Å². The molecule has 5 rings (SSSR count). The van der Waals surface area contributed by atoms with Crippen molar-refractivity contribution in [2.75, 3.05) is 13.2 Å². The average Bonchev–Trinajstić information content (AvgIpc) is 3.22. The third-order valence-corrected chi connectivity index (χ3v) is 9.28. The molecular formula is C33H44O4. The Morgan fingerprint density at radius 1 is 1.00 bits per heavy atom. The summed E-state index contributed by atoms with van der Waals surface area (Å²) < 4.78 is 18.5. The predicted molar refractivity (Wildman–Crippen MR) is 147 cm³/mol. The Bertz CT molecular complexity index is 1070. The van der Waals surface area contributed by atoms with Crippen molar-refractivity contribution >= 4 is 6.29 Å². The molecule has 5 atom stereocenters. The highest BCUT2D eigenvalue weighted by atomic mass is 16.5. The summed E-state index contributed by atoms with van der Waals surface area (Å²) in [5.74, 6) is 3.15. The molecule has 4 heteroatoms. The van der Waals surface area contributed by atoms with Crippen LogP contribution < -0.4 is 4.74 Å². The molecule has 5 unspecified atom stereocenters. The molecule has 0 N–H and O–H groups in total. The average molecular weight is 505 g/mol. The Balaban J connectivity index is 1.18. The highest BCUT2D eigenvalue weighted by Gasteiger charge is 2.55. The monoisotopic (exact) mass is 504 g/mol. The Kier molecular flexibility index (Phi) is 7.79. The molecule has 0 radical (unpaired) electrons. The van der Waals surface area contributed by atoms with Crippen molar-refractivity contribution in [3.63, 3.8) is 0 Å². The van der Waals surface area contributed by atoms with Gasteiger partial charge >= 0.3 is 0 Å². The van der Waals surface area contributed by atoms with Crippen LogP contribution in [-0.2, 0) is 22.5 Å². The van der Waals surface area contributed by atoms with Crippen LogP contribution in [0.5, 0.6) is 5.75 Å². The molecule has 2 aromatic rings. The molecule has 37 heavy (non-hydrogen) atoms. The molecule has 0 amide bonds. The lowest BCUT2D eigenvalue weighted by atomic mass is 9.55. The zero-order valence-electron chi connectivity index (χ0n) is 23.1. The first-order valence-corrected chi connectivity index (χ1v) is 14.3. The maximum absolute atomic E-state index is 10.9. The number of aldehydes is 1. The molecule has 2 saturated carbocycles. The molecule has 3 aliphatic carbocycles. The van der Waals surface area contributed by atoms with Gasteiger partial charge in [-0.3, -0.25) is 4.79 Å². The molecule has 2 aromatic carbocycles. The van der Waals surface area contributed by atoms with Crippen LogP contribution in [0, 0.1) is 17.3 Å². The smallest absolute Gasteiger partial charge is 0.150 e. The maximum Gasteiger partial charge on any atom is 0.150 e. The third-order valence-electron chi connectivity index (χ3n) is 9.28. The fourth-order valence-corrected chi connectivity index (χ4v) is 7.40. The van der Waals surface area contributed by atoms with Crippen LogP contribution >= 0.6 is 0 Å². The minimum absolute atomic E-state index is 0.0723. The van der Waals surface area contributed by atoms with Crippen LogP contribution in [0.25, 0.3) is 0 Å². The molecule has 2 fully saturated rings. The first-order chi connectivity index (χ1) is 17.8. The number of aryl methyl sites for hydroxylation is 1. The van der Waals surface area contributed by atoms with Gasteiger partial charge in [0, 0.05) is 18.8 Å². The minimum Gasteiger partial charge on any atom is -0.489 e. The van der Waals surface area contributed by atoms with E-state index in [2.05, 4.69) is 45.9 Å². The largest absolute Gasteiger partial charge is 0.489 e. The first kappa shape index (κ1) is 26.4. The molecule has 0 saturated heterocycles. The summed E-state index contributed by atoms with van der Waals surface area (Å²) in [7, 11) is 0. The van der Waals surface area contributed by atoms with Gasteiger partial charge in [0.05, 0.1) is 11.7 Å². The van der Waals surface area contributed by atoms with Gasteiger partial charge in [0.1, 0.15) is 18.6 Å². The van der Waals surface area contributed by atoms with Crippen molar-refractivity contribution < 1.29 is 19.0 Å². The molecule has 3 aliphatic rings. The topological polar surface area (TPSA) is 44.8 Å². The molecule has 0 bridgehead atoms. The number of hydrogen-bond acceptors (Lipinski definition) is 4. The number of hydrogen-bond donors (Lipinski definition) is 0. The lowest BCUT2D eigenvalue weighted by Gasteiger charge is -2.50. The lowest BCUT2D eigenvalue weighted by Crippen LogP contribution is -2.44. The van der Waals surface area contributed by atoms with Gasteiger partial charge in [-0.2, -0.15) is 0 Å². The number of carbonyl (C=O) groups excluding carboxylic acids is 1. The van der Waals surface area contributed by atoms with Crippen LogP contribution in [0.2, 0.25) is 0 Å². The normalized spacial score (nSPS) is 28.8. The highest BCUT2D eigenvalue weighted by Crippen LogP contribution is 2.61. The second kappa shape index (κ2) is 10.9. The van der Waals surface area contributed by atoms with E-state index in [1.807, 2.05) is 24.3 Å². The Hall–Kier alpha value is -2.17. The summed E-state index contributed by atoms with van der Waals surface area (Å²) in [6.07, 6.45) is 9.70. The summed E-state index contributed by atoms with van der Waals surface area (Å²) in [5, 5.41) is 0. The Morgan fingerprint density at radius 2 is 1.81 bits per heavy atom. The fraction of sp³-hybridized carbons (Fsp3) is 0.606. The van der Waals surface area contributed by atoms with Gasteiger partial charge in [0.2, 0.25) is 0 Å². The van der Waals surface area contributed by atoms with E-state index in [-0.39, 0.29) is 5.60 Å². The molecule has 200 valence electrons. The highest BCUT2D eigenvalue weighted by molar-refractivity contribution is 5.74. The Morgan fingerprint density at radius 3 is 2.57 bits per heavy atom. The number of fused-ring (bicyclic) bond motifs is 5. The summed E-state index contributed by atoms with van der Waals surface area (Å²) in [6.45, 7) is 11.0. The van der Waals surface area contributed by atoms with Crippen molar-refractivity contribution in [3.05, 3.63) is 64.7 Å². The number of ether oxygens (including phenoxy) is 3. The van der Waals surface area contributed by atoms with Gasteiger partial charge in [0.25, 0.3) is 0 Å². The van der Waals surface area contributed by atoms with E-state index in [4.69, 9.17) is 14.2 Å². The van der Waals surface area contributed by atoms with E-state index in [9.17, 15) is 4.79 Å². The number of carbonyl (C=O) groups is 1. The van der Waals surface area contributed by atoms with Crippen LogP contribution in [0.3, 0.4) is 0 Å². The van der Waals surface area contributed by atoms with Gasteiger partial charge in [0.15, 0.2) is 0 Å². The van der Waals surface area contributed by atoms with Crippen molar-refractivity contribution in [2.45, 2.75) is 96.9 Å². The van der Waals surface area contributed by atoms with Crippen LogP contribution in [0.15, 0.2) is 42.5 Å². The molecule has 0 aliphatic heterocycles. The molecule has 0 heterocycles.